The Hall–Kier alpha value is -3.60. The molecule has 33 heavy (non-hydrogen) atoms. The molecule has 1 aliphatic carbocycles. The number of nitrogens with one attached hydrogen (secondary N) is 2. The highest BCUT2D eigenvalue weighted by molar-refractivity contribution is 6.02. The number of hydrogen-bond acceptors (Lipinski definition) is 2. The first-order valence-electron chi connectivity index (χ1n) is 11.8. The van der Waals surface area contributed by atoms with Crippen molar-refractivity contribution in [3.8, 4) is 0 Å². The number of nitrogens with zero attached hydrogens (tertiary/aromatic N) is 1. The summed E-state index contributed by atoms with van der Waals surface area (Å²) in [4.78, 5) is 27.7. The fraction of sp³-hybridized carbons (Fsp3) is 0.286. The highest BCUT2D eigenvalue weighted by Gasteiger charge is 2.23. The molecule has 0 saturated carbocycles. The summed E-state index contributed by atoms with van der Waals surface area (Å²) in [6, 6.07) is 23.5. The molecular formula is C28H29N3O2. The Morgan fingerprint density at radius 2 is 1.52 bits per heavy atom. The van der Waals surface area contributed by atoms with Gasteiger partial charge in [-0.1, -0.05) is 42.5 Å². The Morgan fingerprint density at radius 1 is 0.788 bits per heavy atom. The minimum atomic E-state index is -0.139. The van der Waals surface area contributed by atoms with Crippen LogP contribution in [0.5, 0.6) is 0 Å². The molecule has 1 heterocycles. The predicted molar refractivity (Wildman–Crippen MR) is 132 cm³/mol. The van der Waals surface area contributed by atoms with Crippen molar-refractivity contribution in [1.82, 2.24) is 5.32 Å². The average molecular weight is 440 g/mol. The number of hydrogen-bond donors (Lipinski definition) is 2. The number of carbonyl (C=O) groups is 2. The zero-order chi connectivity index (χ0) is 22.6. The SMILES string of the molecule is O=C(NC1CCCc2ccccc21)c1ccc(NC(=O)N2CCCCc3ccccc32)cc1. The molecule has 1 aliphatic heterocycles. The lowest BCUT2D eigenvalue weighted by Crippen LogP contribution is -2.35. The summed E-state index contributed by atoms with van der Waals surface area (Å²) in [6.07, 6.45) is 6.15. The summed E-state index contributed by atoms with van der Waals surface area (Å²) in [5, 5.41) is 6.18. The highest BCUT2D eigenvalue weighted by atomic mass is 16.2. The lowest BCUT2D eigenvalue weighted by Gasteiger charge is -2.26. The van der Waals surface area contributed by atoms with E-state index in [-0.39, 0.29) is 18.0 Å². The molecule has 2 aliphatic rings. The Kier molecular flexibility index (Phi) is 6.11. The molecule has 3 aromatic carbocycles. The summed E-state index contributed by atoms with van der Waals surface area (Å²) in [7, 11) is 0. The molecule has 5 nitrogen and oxygen atoms in total. The van der Waals surface area contributed by atoms with Crippen LogP contribution < -0.4 is 15.5 Å². The Balaban J connectivity index is 1.25. The van der Waals surface area contributed by atoms with Crippen molar-refractivity contribution in [3.63, 3.8) is 0 Å². The number of aryl methyl sites for hydroxylation is 2. The van der Waals surface area contributed by atoms with Gasteiger partial charge in [0.2, 0.25) is 0 Å². The van der Waals surface area contributed by atoms with Gasteiger partial charge < -0.3 is 10.6 Å². The lowest BCUT2D eigenvalue weighted by atomic mass is 9.87. The number of benzene rings is 3. The molecule has 0 radical (unpaired) electrons. The van der Waals surface area contributed by atoms with Crippen molar-refractivity contribution in [1.29, 1.82) is 0 Å². The van der Waals surface area contributed by atoms with E-state index in [2.05, 4.69) is 34.9 Å². The third-order valence-electron chi connectivity index (χ3n) is 6.68. The van der Waals surface area contributed by atoms with Crippen LogP contribution in [0.15, 0.2) is 72.8 Å². The van der Waals surface area contributed by atoms with E-state index in [0.717, 1.165) is 44.2 Å². The van der Waals surface area contributed by atoms with Gasteiger partial charge in [0.25, 0.3) is 5.91 Å². The van der Waals surface area contributed by atoms with Crippen LogP contribution in [-0.2, 0) is 12.8 Å². The summed E-state index contributed by atoms with van der Waals surface area (Å²) >= 11 is 0. The standard InChI is InChI=1S/C28H29N3O2/c32-27(30-25-13-7-11-20-8-1-3-12-24(20)25)22-15-17-23(18-16-22)29-28(33)31-19-6-5-10-21-9-2-4-14-26(21)31/h1-4,8-9,12,14-18,25H,5-7,10-11,13,19H2,(H,29,33)(H,30,32). The van der Waals surface area contributed by atoms with Crippen molar-refractivity contribution >= 4 is 23.3 Å². The predicted octanol–water partition coefficient (Wildman–Crippen LogP) is 5.87. The van der Waals surface area contributed by atoms with Crippen LogP contribution in [0.3, 0.4) is 0 Å². The normalized spacial score (nSPS) is 17.3. The van der Waals surface area contributed by atoms with Crippen molar-refractivity contribution in [2.45, 2.75) is 44.6 Å². The third kappa shape index (κ3) is 4.63. The smallest absolute Gasteiger partial charge is 0.326 e. The van der Waals surface area contributed by atoms with Crippen molar-refractivity contribution < 1.29 is 9.59 Å². The Bertz CT molecular complexity index is 1160. The van der Waals surface area contributed by atoms with E-state index in [9.17, 15) is 9.59 Å². The highest BCUT2D eigenvalue weighted by Crippen LogP contribution is 2.30. The van der Waals surface area contributed by atoms with E-state index in [4.69, 9.17) is 0 Å². The third-order valence-corrected chi connectivity index (χ3v) is 6.68. The second-order valence-corrected chi connectivity index (χ2v) is 8.86. The number of rotatable bonds is 3. The molecule has 0 saturated heterocycles. The van der Waals surface area contributed by atoms with E-state index in [0.29, 0.717) is 17.8 Å². The first kappa shape index (κ1) is 21.3. The molecule has 1 unspecified atom stereocenters. The van der Waals surface area contributed by atoms with Crippen molar-refractivity contribution in [2.75, 3.05) is 16.8 Å². The minimum absolute atomic E-state index is 0.0462. The number of anilines is 2. The van der Waals surface area contributed by atoms with E-state index >= 15 is 0 Å². The number of para-hydroxylation sites is 1. The van der Waals surface area contributed by atoms with Crippen LogP contribution in [0.1, 0.15) is 58.8 Å². The Labute approximate surface area is 194 Å². The van der Waals surface area contributed by atoms with Crippen LogP contribution in [0.25, 0.3) is 0 Å². The summed E-state index contributed by atoms with van der Waals surface area (Å²) in [5.41, 5.74) is 6.01. The van der Waals surface area contributed by atoms with Crippen LogP contribution in [0, 0.1) is 0 Å². The van der Waals surface area contributed by atoms with Gasteiger partial charge in [0, 0.05) is 23.5 Å². The fourth-order valence-corrected chi connectivity index (χ4v) is 4.94. The molecule has 5 heteroatoms. The van der Waals surface area contributed by atoms with E-state index < -0.39 is 0 Å². The summed E-state index contributed by atoms with van der Waals surface area (Å²) < 4.78 is 0. The molecule has 0 aromatic heterocycles. The largest absolute Gasteiger partial charge is 0.345 e. The van der Waals surface area contributed by atoms with Gasteiger partial charge in [-0.05, 0) is 85.5 Å². The minimum Gasteiger partial charge on any atom is -0.345 e. The van der Waals surface area contributed by atoms with Gasteiger partial charge in [-0.2, -0.15) is 0 Å². The second-order valence-electron chi connectivity index (χ2n) is 8.86. The van der Waals surface area contributed by atoms with Gasteiger partial charge in [-0.25, -0.2) is 4.79 Å². The molecule has 168 valence electrons. The summed E-state index contributed by atoms with van der Waals surface area (Å²) in [5.74, 6) is -0.0870. The molecule has 0 spiro atoms. The zero-order valence-corrected chi connectivity index (χ0v) is 18.7. The van der Waals surface area contributed by atoms with Gasteiger partial charge in [0.1, 0.15) is 0 Å². The van der Waals surface area contributed by atoms with Crippen LogP contribution in [0.2, 0.25) is 0 Å². The van der Waals surface area contributed by atoms with E-state index in [1.165, 1.54) is 16.7 Å². The van der Waals surface area contributed by atoms with Crippen LogP contribution in [-0.4, -0.2) is 18.5 Å². The van der Waals surface area contributed by atoms with Gasteiger partial charge in [-0.3, -0.25) is 9.69 Å². The number of amides is 3. The molecule has 0 fully saturated rings. The lowest BCUT2D eigenvalue weighted by molar-refractivity contribution is 0.0932. The molecular weight excluding hydrogens is 410 g/mol. The van der Waals surface area contributed by atoms with Gasteiger partial charge >= 0.3 is 6.03 Å². The maximum absolute atomic E-state index is 13.0. The average Bonchev–Trinajstić information content (AvgIpc) is 3.07. The maximum Gasteiger partial charge on any atom is 0.326 e. The van der Waals surface area contributed by atoms with Gasteiger partial charge in [-0.15, -0.1) is 0 Å². The molecule has 2 N–H and O–H groups in total. The maximum atomic E-state index is 13.0. The summed E-state index contributed by atoms with van der Waals surface area (Å²) in [6.45, 7) is 0.701. The van der Waals surface area contributed by atoms with Crippen LogP contribution >= 0.6 is 0 Å². The number of fused-ring (bicyclic) bond motifs is 2. The fourth-order valence-electron chi connectivity index (χ4n) is 4.94. The van der Waals surface area contributed by atoms with E-state index in [1.807, 2.05) is 29.2 Å². The van der Waals surface area contributed by atoms with Crippen molar-refractivity contribution in [2.24, 2.45) is 0 Å². The monoisotopic (exact) mass is 439 g/mol. The van der Waals surface area contributed by atoms with Crippen LogP contribution in [0.4, 0.5) is 16.2 Å². The van der Waals surface area contributed by atoms with Gasteiger partial charge in [0.15, 0.2) is 0 Å². The zero-order valence-electron chi connectivity index (χ0n) is 18.7. The number of carbonyl (C=O) groups excluding carboxylic acids is 2. The molecule has 0 bridgehead atoms. The van der Waals surface area contributed by atoms with Crippen molar-refractivity contribution in [3.05, 3.63) is 95.1 Å². The number of urea groups is 1. The molecule has 3 aromatic rings. The van der Waals surface area contributed by atoms with E-state index in [1.54, 1.807) is 24.3 Å². The first-order valence-corrected chi connectivity index (χ1v) is 11.8. The first-order chi connectivity index (χ1) is 16.2. The topological polar surface area (TPSA) is 61.4 Å². The molecule has 3 amide bonds. The van der Waals surface area contributed by atoms with Gasteiger partial charge in [0.05, 0.1) is 6.04 Å². The second kappa shape index (κ2) is 9.49. The molecule has 5 rings (SSSR count). The Morgan fingerprint density at radius 3 is 2.36 bits per heavy atom. The quantitative estimate of drug-likeness (QED) is 0.536. The molecule has 1 atom stereocenters.